The zero-order valence-electron chi connectivity index (χ0n) is 8.95. The summed E-state index contributed by atoms with van der Waals surface area (Å²) in [6, 6.07) is 0. The lowest BCUT2D eigenvalue weighted by Crippen LogP contribution is -2.41. The van der Waals surface area contributed by atoms with E-state index in [1.54, 1.807) is 6.20 Å². The van der Waals surface area contributed by atoms with E-state index in [0.717, 1.165) is 26.2 Å². The minimum atomic E-state index is 0.623. The molecular weight excluding hydrogens is 204 g/mol. The molecule has 1 aliphatic rings. The van der Waals surface area contributed by atoms with E-state index < -0.39 is 0 Å². The number of aromatic nitrogens is 5. The molecule has 6 heteroatoms. The first-order chi connectivity index (χ1) is 7.93. The van der Waals surface area contributed by atoms with E-state index in [-0.39, 0.29) is 0 Å². The fourth-order valence-corrected chi connectivity index (χ4v) is 1.92. The molecule has 0 radical (unpaired) electrons. The summed E-state index contributed by atoms with van der Waals surface area (Å²) in [7, 11) is 0. The smallest absolute Gasteiger partial charge is 0.0948 e. The highest BCUT2D eigenvalue weighted by atomic mass is 15.4. The van der Waals surface area contributed by atoms with Crippen LogP contribution in [0.3, 0.4) is 0 Å². The van der Waals surface area contributed by atoms with Gasteiger partial charge in [0.1, 0.15) is 0 Å². The standard InChI is InChI=1S/C10H14N6/c1-2-16(14-13-1)4-3-15-8-12-7-10(15)9-5-11-6-9/h1-2,7-9,11H,3-6H2. The zero-order valence-corrected chi connectivity index (χ0v) is 8.95. The van der Waals surface area contributed by atoms with Gasteiger partial charge in [0, 0.05) is 43.6 Å². The van der Waals surface area contributed by atoms with Crippen molar-refractivity contribution in [2.24, 2.45) is 0 Å². The summed E-state index contributed by atoms with van der Waals surface area (Å²) in [6.45, 7) is 3.86. The van der Waals surface area contributed by atoms with E-state index in [0.29, 0.717) is 5.92 Å². The minimum absolute atomic E-state index is 0.623. The Morgan fingerprint density at radius 1 is 1.38 bits per heavy atom. The maximum absolute atomic E-state index is 4.21. The van der Waals surface area contributed by atoms with E-state index in [1.807, 2.05) is 23.4 Å². The summed E-state index contributed by atoms with van der Waals surface area (Å²) < 4.78 is 4.04. The Morgan fingerprint density at radius 3 is 3.00 bits per heavy atom. The summed E-state index contributed by atoms with van der Waals surface area (Å²) in [5.74, 6) is 0.623. The number of imidazole rings is 1. The van der Waals surface area contributed by atoms with Crippen molar-refractivity contribution < 1.29 is 0 Å². The molecule has 2 aromatic heterocycles. The fraction of sp³-hybridized carbons (Fsp3) is 0.500. The first-order valence-electron chi connectivity index (χ1n) is 5.48. The van der Waals surface area contributed by atoms with E-state index in [9.17, 15) is 0 Å². The molecule has 2 aromatic rings. The second kappa shape index (κ2) is 4.05. The van der Waals surface area contributed by atoms with Crippen LogP contribution in [0.4, 0.5) is 0 Å². The van der Waals surface area contributed by atoms with Crippen LogP contribution in [0.2, 0.25) is 0 Å². The number of aryl methyl sites for hydroxylation is 2. The Hall–Kier alpha value is -1.69. The normalized spacial score (nSPS) is 16.2. The monoisotopic (exact) mass is 218 g/mol. The van der Waals surface area contributed by atoms with Crippen LogP contribution in [0.15, 0.2) is 24.9 Å². The second-order valence-electron chi connectivity index (χ2n) is 4.03. The average molecular weight is 218 g/mol. The van der Waals surface area contributed by atoms with E-state index in [2.05, 4.69) is 25.2 Å². The van der Waals surface area contributed by atoms with Crippen LogP contribution in [0.1, 0.15) is 11.6 Å². The number of rotatable bonds is 4. The van der Waals surface area contributed by atoms with Gasteiger partial charge in [0.05, 0.1) is 19.1 Å². The van der Waals surface area contributed by atoms with Gasteiger partial charge >= 0.3 is 0 Å². The molecule has 16 heavy (non-hydrogen) atoms. The lowest BCUT2D eigenvalue weighted by molar-refractivity contribution is 0.414. The van der Waals surface area contributed by atoms with Crippen LogP contribution in [0, 0.1) is 0 Å². The van der Waals surface area contributed by atoms with Crippen molar-refractivity contribution in [1.29, 1.82) is 0 Å². The molecule has 6 nitrogen and oxygen atoms in total. The molecule has 1 N–H and O–H groups in total. The largest absolute Gasteiger partial charge is 0.332 e. The third-order valence-corrected chi connectivity index (χ3v) is 2.99. The summed E-state index contributed by atoms with van der Waals surface area (Å²) in [5.41, 5.74) is 1.32. The molecule has 1 saturated heterocycles. The summed E-state index contributed by atoms with van der Waals surface area (Å²) in [4.78, 5) is 4.21. The van der Waals surface area contributed by atoms with Gasteiger partial charge in [-0.05, 0) is 0 Å². The highest BCUT2D eigenvalue weighted by Crippen LogP contribution is 2.19. The number of nitrogens with one attached hydrogen (secondary N) is 1. The number of hydrogen-bond donors (Lipinski definition) is 1. The SMILES string of the molecule is c1cn(CCn2cncc2C2CNC2)nn1. The molecule has 0 aliphatic carbocycles. The third kappa shape index (κ3) is 1.71. The highest BCUT2D eigenvalue weighted by Gasteiger charge is 2.21. The van der Waals surface area contributed by atoms with Gasteiger partial charge in [-0.1, -0.05) is 5.21 Å². The van der Waals surface area contributed by atoms with Crippen LogP contribution in [0.25, 0.3) is 0 Å². The molecule has 0 aromatic carbocycles. The molecule has 1 aliphatic heterocycles. The maximum Gasteiger partial charge on any atom is 0.0948 e. The lowest BCUT2D eigenvalue weighted by Gasteiger charge is -2.27. The van der Waals surface area contributed by atoms with Crippen molar-refractivity contribution in [1.82, 2.24) is 29.9 Å². The predicted octanol–water partition coefficient (Wildman–Crippen LogP) is -0.138. The minimum Gasteiger partial charge on any atom is -0.332 e. The lowest BCUT2D eigenvalue weighted by atomic mass is 10.00. The quantitative estimate of drug-likeness (QED) is 0.776. The summed E-state index contributed by atoms with van der Waals surface area (Å²) in [5, 5.41) is 11.0. The first-order valence-corrected chi connectivity index (χ1v) is 5.48. The zero-order chi connectivity index (χ0) is 10.8. The van der Waals surface area contributed by atoms with Gasteiger partial charge in [-0.15, -0.1) is 5.10 Å². The maximum atomic E-state index is 4.21. The van der Waals surface area contributed by atoms with Crippen molar-refractivity contribution in [2.75, 3.05) is 13.1 Å². The topological polar surface area (TPSA) is 60.6 Å². The molecule has 1 fully saturated rings. The van der Waals surface area contributed by atoms with E-state index in [4.69, 9.17) is 0 Å². The predicted molar refractivity (Wildman–Crippen MR) is 57.9 cm³/mol. The van der Waals surface area contributed by atoms with Crippen LogP contribution < -0.4 is 5.32 Å². The Bertz CT molecular complexity index is 442. The Kier molecular flexibility index (Phi) is 2.41. The molecule has 0 bridgehead atoms. The Labute approximate surface area is 93.3 Å². The van der Waals surface area contributed by atoms with Gasteiger partial charge in [0.2, 0.25) is 0 Å². The van der Waals surface area contributed by atoms with Gasteiger partial charge in [-0.2, -0.15) is 0 Å². The van der Waals surface area contributed by atoms with Crippen molar-refractivity contribution in [3.63, 3.8) is 0 Å². The van der Waals surface area contributed by atoms with Gasteiger partial charge < -0.3 is 9.88 Å². The Morgan fingerprint density at radius 2 is 2.31 bits per heavy atom. The molecule has 3 rings (SSSR count). The molecule has 3 heterocycles. The third-order valence-electron chi connectivity index (χ3n) is 2.99. The number of nitrogens with zero attached hydrogens (tertiary/aromatic N) is 5. The Balaban J connectivity index is 1.67. The molecule has 0 amide bonds. The van der Waals surface area contributed by atoms with Crippen molar-refractivity contribution in [2.45, 2.75) is 19.0 Å². The van der Waals surface area contributed by atoms with Crippen LogP contribution in [0.5, 0.6) is 0 Å². The second-order valence-corrected chi connectivity index (χ2v) is 4.03. The van der Waals surface area contributed by atoms with Crippen LogP contribution >= 0.6 is 0 Å². The summed E-state index contributed by atoms with van der Waals surface area (Å²) in [6.07, 6.45) is 7.43. The molecule has 0 atom stereocenters. The molecular formula is C10H14N6. The molecule has 0 saturated carbocycles. The van der Waals surface area contributed by atoms with Crippen LogP contribution in [-0.4, -0.2) is 37.6 Å². The van der Waals surface area contributed by atoms with Gasteiger partial charge in [-0.3, -0.25) is 4.68 Å². The van der Waals surface area contributed by atoms with Crippen molar-refractivity contribution in [3.05, 3.63) is 30.6 Å². The molecule has 0 spiro atoms. The average Bonchev–Trinajstić information content (AvgIpc) is 2.82. The molecule has 84 valence electrons. The van der Waals surface area contributed by atoms with Crippen LogP contribution in [-0.2, 0) is 13.1 Å². The number of hydrogen-bond acceptors (Lipinski definition) is 4. The summed E-state index contributed by atoms with van der Waals surface area (Å²) >= 11 is 0. The highest BCUT2D eigenvalue weighted by molar-refractivity contribution is 5.11. The fourth-order valence-electron chi connectivity index (χ4n) is 1.92. The van der Waals surface area contributed by atoms with Gasteiger partial charge in [-0.25, -0.2) is 4.98 Å². The molecule has 0 unspecified atom stereocenters. The van der Waals surface area contributed by atoms with E-state index in [1.165, 1.54) is 5.69 Å². The van der Waals surface area contributed by atoms with Gasteiger partial charge in [0.15, 0.2) is 0 Å². The first kappa shape index (κ1) is 9.53. The van der Waals surface area contributed by atoms with Crippen molar-refractivity contribution in [3.8, 4) is 0 Å². The van der Waals surface area contributed by atoms with E-state index >= 15 is 0 Å². The van der Waals surface area contributed by atoms with Crippen molar-refractivity contribution >= 4 is 0 Å². The van der Waals surface area contributed by atoms with Gasteiger partial charge in [0.25, 0.3) is 0 Å².